The van der Waals surface area contributed by atoms with E-state index in [1.807, 2.05) is 31.3 Å². The maximum atomic E-state index is 6.15. The first-order valence-corrected chi connectivity index (χ1v) is 7.09. The molecule has 3 nitrogen and oxygen atoms in total. The van der Waals surface area contributed by atoms with Crippen molar-refractivity contribution >= 4 is 29.0 Å². The van der Waals surface area contributed by atoms with Crippen LogP contribution in [0.25, 0.3) is 0 Å². The number of aromatic nitrogens is 1. The largest absolute Gasteiger partial charge is 0.384 e. The lowest BCUT2D eigenvalue weighted by Gasteiger charge is -2.25. The van der Waals surface area contributed by atoms with E-state index in [2.05, 4.69) is 16.8 Å². The number of pyridine rings is 1. The number of nitrogens with zero attached hydrogens (tertiary/aromatic N) is 2. The molecule has 0 bridgehead atoms. The number of benzene rings is 1. The molecule has 1 heterocycles. The lowest BCUT2D eigenvalue weighted by atomic mass is 10.1. The average molecular weight is 310 g/mol. The molecule has 0 saturated carbocycles. The molecule has 0 aliphatic heterocycles. The van der Waals surface area contributed by atoms with Crippen LogP contribution in [0.2, 0.25) is 10.0 Å². The Labute approximate surface area is 129 Å². The second-order valence-corrected chi connectivity index (χ2v) is 5.65. The van der Waals surface area contributed by atoms with Crippen molar-refractivity contribution in [2.24, 2.45) is 0 Å². The first-order chi connectivity index (χ1) is 9.47. The van der Waals surface area contributed by atoms with Crippen LogP contribution in [0, 0.1) is 0 Å². The molecule has 0 aliphatic rings. The van der Waals surface area contributed by atoms with E-state index in [1.54, 1.807) is 12.1 Å². The van der Waals surface area contributed by atoms with E-state index in [-0.39, 0.29) is 6.04 Å². The van der Waals surface area contributed by atoms with Gasteiger partial charge >= 0.3 is 0 Å². The summed E-state index contributed by atoms with van der Waals surface area (Å²) in [6.07, 6.45) is 0. The van der Waals surface area contributed by atoms with Crippen molar-refractivity contribution < 1.29 is 0 Å². The number of nitrogen functional groups attached to an aromatic ring is 1. The minimum Gasteiger partial charge on any atom is -0.384 e. The number of hydrogen-bond donors (Lipinski definition) is 1. The van der Waals surface area contributed by atoms with Crippen LogP contribution in [0.3, 0.4) is 0 Å². The van der Waals surface area contributed by atoms with Crippen molar-refractivity contribution in [1.29, 1.82) is 0 Å². The zero-order valence-corrected chi connectivity index (χ0v) is 13.0. The molecule has 20 heavy (non-hydrogen) atoms. The number of hydrogen-bond acceptors (Lipinski definition) is 3. The molecule has 0 radical (unpaired) electrons. The fourth-order valence-corrected chi connectivity index (χ4v) is 2.27. The van der Waals surface area contributed by atoms with Gasteiger partial charge < -0.3 is 5.73 Å². The van der Waals surface area contributed by atoms with Crippen LogP contribution in [0.4, 0.5) is 5.82 Å². The van der Waals surface area contributed by atoms with Crippen LogP contribution in [0.1, 0.15) is 24.2 Å². The smallest absolute Gasteiger partial charge is 0.123 e. The normalized spacial score (nSPS) is 12.7. The van der Waals surface area contributed by atoms with Gasteiger partial charge in [0.05, 0.1) is 10.7 Å². The Morgan fingerprint density at radius 3 is 2.45 bits per heavy atom. The van der Waals surface area contributed by atoms with Crippen LogP contribution >= 0.6 is 23.2 Å². The summed E-state index contributed by atoms with van der Waals surface area (Å²) in [6, 6.07) is 11.6. The summed E-state index contributed by atoms with van der Waals surface area (Å²) in [6.45, 7) is 2.76. The van der Waals surface area contributed by atoms with Gasteiger partial charge in [0.2, 0.25) is 0 Å². The molecule has 5 heteroatoms. The summed E-state index contributed by atoms with van der Waals surface area (Å²) in [5.74, 6) is 0.483. The third-order valence-corrected chi connectivity index (χ3v) is 3.95. The highest BCUT2D eigenvalue weighted by molar-refractivity contribution is 6.31. The van der Waals surface area contributed by atoms with Crippen LogP contribution in [-0.4, -0.2) is 16.9 Å². The SMILES string of the molecule is CC(c1ccc(Cl)cc1)N(C)Cc1nc(N)ccc1Cl. The van der Waals surface area contributed by atoms with Gasteiger partial charge in [0.1, 0.15) is 5.82 Å². The van der Waals surface area contributed by atoms with Crippen molar-refractivity contribution in [3.05, 3.63) is 57.7 Å². The molecule has 0 fully saturated rings. The lowest BCUT2D eigenvalue weighted by molar-refractivity contribution is 0.250. The van der Waals surface area contributed by atoms with Crippen molar-refractivity contribution in [2.75, 3.05) is 12.8 Å². The molecule has 0 amide bonds. The second-order valence-electron chi connectivity index (χ2n) is 4.81. The first kappa shape index (κ1) is 15.1. The maximum absolute atomic E-state index is 6.15. The minimum atomic E-state index is 0.228. The summed E-state index contributed by atoms with van der Waals surface area (Å²) >= 11 is 12.1. The van der Waals surface area contributed by atoms with E-state index < -0.39 is 0 Å². The van der Waals surface area contributed by atoms with Crippen LogP contribution in [0.15, 0.2) is 36.4 Å². The quantitative estimate of drug-likeness (QED) is 0.922. The van der Waals surface area contributed by atoms with Gasteiger partial charge in [0.25, 0.3) is 0 Å². The molecule has 2 N–H and O–H groups in total. The van der Waals surface area contributed by atoms with Gasteiger partial charge in [-0.25, -0.2) is 4.98 Å². The monoisotopic (exact) mass is 309 g/mol. The van der Waals surface area contributed by atoms with Crippen molar-refractivity contribution in [1.82, 2.24) is 9.88 Å². The topological polar surface area (TPSA) is 42.2 Å². The molecule has 1 aromatic carbocycles. The fourth-order valence-electron chi connectivity index (χ4n) is 1.98. The third-order valence-electron chi connectivity index (χ3n) is 3.35. The number of nitrogens with two attached hydrogens (primary N) is 1. The fraction of sp³-hybridized carbons (Fsp3) is 0.267. The van der Waals surface area contributed by atoms with Crippen molar-refractivity contribution in [2.45, 2.75) is 19.5 Å². The lowest BCUT2D eigenvalue weighted by Crippen LogP contribution is -2.22. The molecule has 1 unspecified atom stereocenters. The Morgan fingerprint density at radius 2 is 1.80 bits per heavy atom. The van der Waals surface area contributed by atoms with Gasteiger partial charge in [-0.2, -0.15) is 0 Å². The van der Waals surface area contributed by atoms with E-state index in [1.165, 1.54) is 5.56 Å². The summed E-state index contributed by atoms with van der Waals surface area (Å²) in [5.41, 5.74) is 7.68. The van der Waals surface area contributed by atoms with Crippen LogP contribution in [0.5, 0.6) is 0 Å². The van der Waals surface area contributed by atoms with E-state index >= 15 is 0 Å². The standard InChI is InChI=1S/C15H17Cl2N3/c1-10(11-3-5-12(16)6-4-11)20(2)9-14-13(17)7-8-15(18)19-14/h3-8,10H,9H2,1-2H3,(H2,18,19). The van der Waals surface area contributed by atoms with Crippen molar-refractivity contribution in [3.63, 3.8) is 0 Å². The maximum Gasteiger partial charge on any atom is 0.123 e. The Kier molecular flexibility index (Phi) is 4.86. The molecule has 2 rings (SSSR count). The number of rotatable bonds is 4. The van der Waals surface area contributed by atoms with Crippen LogP contribution in [-0.2, 0) is 6.54 Å². The molecule has 0 saturated heterocycles. The van der Waals surface area contributed by atoms with Gasteiger partial charge in [-0.05, 0) is 43.8 Å². The molecule has 0 spiro atoms. The summed E-state index contributed by atoms with van der Waals surface area (Å²) in [7, 11) is 2.03. The average Bonchev–Trinajstić information content (AvgIpc) is 2.43. The predicted molar refractivity (Wildman–Crippen MR) is 85.0 cm³/mol. The Balaban J connectivity index is 2.13. The van der Waals surface area contributed by atoms with E-state index in [9.17, 15) is 0 Å². The molecule has 1 aromatic heterocycles. The molecular weight excluding hydrogens is 293 g/mol. The Hall–Kier alpha value is -1.29. The molecular formula is C15H17Cl2N3. The minimum absolute atomic E-state index is 0.228. The van der Waals surface area contributed by atoms with Gasteiger partial charge in [0, 0.05) is 17.6 Å². The highest BCUT2D eigenvalue weighted by Crippen LogP contribution is 2.24. The van der Waals surface area contributed by atoms with Gasteiger partial charge in [-0.15, -0.1) is 0 Å². The molecule has 0 aliphatic carbocycles. The van der Waals surface area contributed by atoms with Gasteiger partial charge in [0.15, 0.2) is 0 Å². The highest BCUT2D eigenvalue weighted by Gasteiger charge is 2.14. The number of halogens is 2. The number of anilines is 1. The van der Waals surface area contributed by atoms with Crippen LogP contribution < -0.4 is 5.73 Å². The van der Waals surface area contributed by atoms with Gasteiger partial charge in [-0.1, -0.05) is 35.3 Å². The highest BCUT2D eigenvalue weighted by atomic mass is 35.5. The van der Waals surface area contributed by atoms with E-state index in [4.69, 9.17) is 28.9 Å². The Bertz CT molecular complexity index is 584. The molecule has 1 atom stereocenters. The van der Waals surface area contributed by atoms with E-state index in [0.29, 0.717) is 17.4 Å². The summed E-state index contributed by atoms with van der Waals surface area (Å²) in [4.78, 5) is 6.45. The van der Waals surface area contributed by atoms with Gasteiger partial charge in [-0.3, -0.25) is 4.90 Å². The Morgan fingerprint density at radius 1 is 1.15 bits per heavy atom. The zero-order chi connectivity index (χ0) is 14.7. The van der Waals surface area contributed by atoms with E-state index in [0.717, 1.165) is 10.7 Å². The zero-order valence-electron chi connectivity index (χ0n) is 11.5. The first-order valence-electron chi connectivity index (χ1n) is 6.34. The molecule has 106 valence electrons. The third kappa shape index (κ3) is 3.63. The molecule has 2 aromatic rings. The summed E-state index contributed by atoms with van der Waals surface area (Å²) in [5, 5.41) is 1.37. The van der Waals surface area contributed by atoms with Crippen molar-refractivity contribution in [3.8, 4) is 0 Å². The summed E-state index contributed by atoms with van der Waals surface area (Å²) < 4.78 is 0. The second kappa shape index (κ2) is 6.44. The predicted octanol–water partition coefficient (Wildman–Crippen LogP) is 4.16.